The lowest BCUT2D eigenvalue weighted by molar-refractivity contribution is -0.0751. The number of nitrogens with two attached hydrogens (primary N) is 1. The molecule has 0 saturated heterocycles. The second-order valence-electron chi connectivity index (χ2n) is 4.73. The van der Waals surface area contributed by atoms with Gasteiger partial charge < -0.3 is 10.8 Å². The maximum atomic E-state index is 9.95. The van der Waals surface area contributed by atoms with Gasteiger partial charge in [-0.05, 0) is 24.7 Å². The van der Waals surface area contributed by atoms with Crippen molar-refractivity contribution in [2.45, 2.75) is 45.8 Å². The van der Waals surface area contributed by atoms with E-state index < -0.39 is 5.72 Å². The van der Waals surface area contributed by atoms with E-state index in [4.69, 9.17) is 5.73 Å². The SMILES string of the molecule is CC1CCC(C(C)C)C(N)(O)C1. The molecule has 3 atom stereocenters. The van der Waals surface area contributed by atoms with Crippen LogP contribution >= 0.6 is 0 Å². The van der Waals surface area contributed by atoms with Crippen molar-refractivity contribution in [3.63, 3.8) is 0 Å². The van der Waals surface area contributed by atoms with E-state index >= 15 is 0 Å². The normalized spacial score (nSPS) is 43.5. The first-order chi connectivity index (χ1) is 5.43. The molecule has 1 fully saturated rings. The Kier molecular flexibility index (Phi) is 2.79. The second-order valence-corrected chi connectivity index (χ2v) is 4.73. The maximum Gasteiger partial charge on any atom is 0.116 e. The fourth-order valence-corrected chi connectivity index (χ4v) is 2.44. The first-order valence-corrected chi connectivity index (χ1v) is 4.94. The molecular formula is C10H21NO. The number of rotatable bonds is 1. The Labute approximate surface area is 75.2 Å². The summed E-state index contributed by atoms with van der Waals surface area (Å²) in [5.41, 5.74) is 4.96. The minimum atomic E-state index is -0.911. The molecule has 0 spiro atoms. The Morgan fingerprint density at radius 3 is 2.42 bits per heavy atom. The summed E-state index contributed by atoms with van der Waals surface area (Å²) in [5, 5.41) is 9.95. The zero-order valence-electron chi connectivity index (χ0n) is 8.38. The first-order valence-electron chi connectivity index (χ1n) is 4.94. The van der Waals surface area contributed by atoms with E-state index in [0.29, 0.717) is 11.8 Å². The molecule has 2 heteroatoms. The predicted octanol–water partition coefficient (Wildman–Crippen LogP) is 1.73. The van der Waals surface area contributed by atoms with E-state index in [-0.39, 0.29) is 5.92 Å². The van der Waals surface area contributed by atoms with Crippen molar-refractivity contribution in [1.82, 2.24) is 0 Å². The van der Waals surface area contributed by atoms with E-state index in [0.717, 1.165) is 12.8 Å². The van der Waals surface area contributed by atoms with Crippen LogP contribution in [0.1, 0.15) is 40.0 Å². The van der Waals surface area contributed by atoms with Crippen molar-refractivity contribution in [3.8, 4) is 0 Å². The van der Waals surface area contributed by atoms with Crippen LogP contribution in [0.15, 0.2) is 0 Å². The molecule has 0 aromatic rings. The van der Waals surface area contributed by atoms with Crippen molar-refractivity contribution in [2.75, 3.05) is 0 Å². The smallest absolute Gasteiger partial charge is 0.116 e. The van der Waals surface area contributed by atoms with Gasteiger partial charge in [0.2, 0.25) is 0 Å². The van der Waals surface area contributed by atoms with E-state index in [1.54, 1.807) is 0 Å². The van der Waals surface area contributed by atoms with Gasteiger partial charge >= 0.3 is 0 Å². The standard InChI is InChI=1S/C10H21NO/c1-7(2)9-5-4-8(3)6-10(9,11)12/h7-9,12H,4-6,11H2,1-3H3. The molecule has 3 N–H and O–H groups in total. The lowest BCUT2D eigenvalue weighted by Crippen LogP contribution is -2.52. The summed E-state index contributed by atoms with van der Waals surface area (Å²) in [4.78, 5) is 0. The molecule has 1 saturated carbocycles. The average Bonchev–Trinajstić information content (AvgIpc) is 1.82. The molecule has 0 aromatic heterocycles. The van der Waals surface area contributed by atoms with Crippen LogP contribution in [0.5, 0.6) is 0 Å². The Hall–Kier alpha value is -0.0800. The van der Waals surface area contributed by atoms with Crippen LogP contribution in [0.4, 0.5) is 0 Å². The highest BCUT2D eigenvalue weighted by Gasteiger charge is 2.39. The zero-order valence-corrected chi connectivity index (χ0v) is 8.38. The van der Waals surface area contributed by atoms with Crippen molar-refractivity contribution >= 4 is 0 Å². The molecule has 0 heterocycles. The Morgan fingerprint density at radius 1 is 1.42 bits per heavy atom. The van der Waals surface area contributed by atoms with E-state index in [9.17, 15) is 5.11 Å². The Balaban J connectivity index is 2.64. The molecule has 1 aliphatic carbocycles. The molecule has 1 rings (SSSR count). The van der Waals surface area contributed by atoms with Crippen molar-refractivity contribution < 1.29 is 5.11 Å². The van der Waals surface area contributed by atoms with Crippen LogP contribution in [0.25, 0.3) is 0 Å². The van der Waals surface area contributed by atoms with Gasteiger partial charge in [0.15, 0.2) is 0 Å². The van der Waals surface area contributed by atoms with Gasteiger partial charge in [0.25, 0.3) is 0 Å². The molecule has 0 aromatic carbocycles. The quantitative estimate of drug-likeness (QED) is 0.590. The summed E-state index contributed by atoms with van der Waals surface area (Å²) in [6.07, 6.45) is 3.05. The van der Waals surface area contributed by atoms with Gasteiger partial charge in [0.05, 0.1) is 0 Å². The summed E-state index contributed by atoms with van der Waals surface area (Å²) in [7, 11) is 0. The molecular weight excluding hydrogens is 150 g/mol. The fraction of sp³-hybridized carbons (Fsp3) is 1.00. The summed E-state index contributed by atoms with van der Waals surface area (Å²) >= 11 is 0. The van der Waals surface area contributed by atoms with Crippen LogP contribution in [0.2, 0.25) is 0 Å². The van der Waals surface area contributed by atoms with Crippen LogP contribution in [0, 0.1) is 17.8 Å². The lowest BCUT2D eigenvalue weighted by Gasteiger charge is -2.41. The molecule has 0 aliphatic heterocycles. The predicted molar refractivity (Wildman–Crippen MR) is 50.5 cm³/mol. The molecule has 0 amide bonds. The van der Waals surface area contributed by atoms with Crippen LogP contribution in [0.3, 0.4) is 0 Å². The number of aliphatic hydroxyl groups is 1. The van der Waals surface area contributed by atoms with Crippen molar-refractivity contribution in [1.29, 1.82) is 0 Å². The highest BCUT2D eigenvalue weighted by molar-refractivity contribution is 4.88. The lowest BCUT2D eigenvalue weighted by atomic mass is 9.72. The van der Waals surface area contributed by atoms with Gasteiger partial charge in [-0.15, -0.1) is 0 Å². The summed E-state index contributed by atoms with van der Waals surface area (Å²) in [5.74, 6) is 1.36. The van der Waals surface area contributed by atoms with Gasteiger partial charge in [0.1, 0.15) is 5.72 Å². The average molecular weight is 171 g/mol. The minimum Gasteiger partial charge on any atom is -0.376 e. The molecule has 72 valence electrons. The molecule has 0 bridgehead atoms. The Bertz CT molecular complexity index is 154. The topological polar surface area (TPSA) is 46.2 Å². The zero-order chi connectivity index (χ0) is 9.35. The van der Waals surface area contributed by atoms with Gasteiger partial charge in [-0.2, -0.15) is 0 Å². The minimum absolute atomic E-state index is 0.286. The second kappa shape index (κ2) is 3.35. The van der Waals surface area contributed by atoms with Crippen LogP contribution in [-0.4, -0.2) is 10.8 Å². The third kappa shape index (κ3) is 1.99. The van der Waals surface area contributed by atoms with E-state index in [1.807, 2.05) is 0 Å². The monoisotopic (exact) mass is 171 g/mol. The molecule has 1 aliphatic rings. The molecule has 12 heavy (non-hydrogen) atoms. The highest BCUT2D eigenvalue weighted by atomic mass is 16.3. The third-order valence-electron chi connectivity index (χ3n) is 3.09. The third-order valence-corrected chi connectivity index (χ3v) is 3.09. The summed E-state index contributed by atoms with van der Waals surface area (Å²) in [6, 6.07) is 0. The largest absolute Gasteiger partial charge is 0.376 e. The molecule has 0 radical (unpaired) electrons. The molecule has 2 nitrogen and oxygen atoms in total. The Morgan fingerprint density at radius 2 is 2.00 bits per heavy atom. The fourth-order valence-electron chi connectivity index (χ4n) is 2.44. The first kappa shape index (κ1) is 10.0. The summed E-state index contributed by atoms with van der Waals surface area (Å²) in [6.45, 7) is 6.44. The van der Waals surface area contributed by atoms with Gasteiger partial charge in [0, 0.05) is 5.92 Å². The van der Waals surface area contributed by atoms with Gasteiger partial charge in [-0.1, -0.05) is 27.2 Å². The van der Waals surface area contributed by atoms with E-state index in [2.05, 4.69) is 20.8 Å². The van der Waals surface area contributed by atoms with Gasteiger partial charge in [-0.3, -0.25) is 0 Å². The van der Waals surface area contributed by atoms with Crippen molar-refractivity contribution in [2.24, 2.45) is 23.5 Å². The number of hydrogen-bond acceptors (Lipinski definition) is 2. The molecule has 3 unspecified atom stereocenters. The van der Waals surface area contributed by atoms with Crippen LogP contribution in [-0.2, 0) is 0 Å². The number of hydrogen-bond donors (Lipinski definition) is 2. The van der Waals surface area contributed by atoms with Gasteiger partial charge in [-0.25, -0.2) is 0 Å². The highest BCUT2D eigenvalue weighted by Crippen LogP contribution is 2.37. The van der Waals surface area contributed by atoms with Crippen molar-refractivity contribution in [3.05, 3.63) is 0 Å². The maximum absolute atomic E-state index is 9.95. The van der Waals surface area contributed by atoms with E-state index in [1.165, 1.54) is 6.42 Å². The van der Waals surface area contributed by atoms with Crippen LogP contribution < -0.4 is 5.73 Å². The summed E-state index contributed by atoms with van der Waals surface area (Å²) < 4.78 is 0.